The fraction of sp³-hybridized carbons (Fsp3) is 1.00. The second-order valence-electron chi connectivity index (χ2n) is 6.27. The largest absolute Gasteiger partial charge is 0.394 e. The molecule has 1 saturated carbocycles. The summed E-state index contributed by atoms with van der Waals surface area (Å²) in [5, 5.41) is 9.29. The molecular formula is C13H27N3O. The van der Waals surface area contributed by atoms with Crippen molar-refractivity contribution in [3.8, 4) is 0 Å². The molecule has 2 rings (SSSR count). The van der Waals surface area contributed by atoms with Gasteiger partial charge in [-0.2, -0.15) is 0 Å². The Kier molecular flexibility index (Phi) is 4.08. The molecule has 0 radical (unpaired) electrons. The lowest BCUT2D eigenvalue weighted by molar-refractivity contribution is 0.171. The molecule has 0 spiro atoms. The van der Waals surface area contributed by atoms with Crippen LogP contribution in [-0.4, -0.2) is 66.8 Å². The molecule has 1 aliphatic carbocycles. The molecule has 2 fully saturated rings. The third-order valence-corrected chi connectivity index (χ3v) is 4.59. The highest BCUT2D eigenvalue weighted by molar-refractivity contribution is 4.96. The molecule has 0 bridgehead atoms. The Hall–Kier alpha value is -0.160. The normalized spacial score (nSPS) is 39.4. The van der Waals surface area contributed by atoms with Crippen molar-refractivity contribution >= 4 is 0 Å². The van der Waals surface area contributed by atoms with Gasteiger partial charge in [0.15, 0.2) is 0 Å². The molecule has 3 atom stereocenters. The van der Waals surface area contributed by atoms with Crippen molar-refractivity contribution in [2.24, 2.45) is 11.7 Å². The number of rotatable bonds is 4. The molecule has 3 N–H and O–H groups in total. The van der Waals surface area contributed by atoms with E-state index in [0.29, 0.717) is 6.04 Å². The molecule has 1 saturated heterocycles. The first-order chi connectivity index (χ1) is 8.02. The molecule has 0 amide bonds. The predicted molar refractivity (Wildman–Crippen MR) is 69.9 cm³/mol. The van der Waals surface area contributed by atoms with E-state index in [0.717, 1.165) is 25.2 Å². The van der Waals surface area contributed by atoms with Gasteiger partial charge >= 0.3 is 0 Å². The lowest BCUT2D eigenvalue weighted by Crippen LogP contribution is -2.43. The van der Waals surface area contributed by atoms with Crippen molar-refractivity contribution in [2.75, 3.05) is 40.3 Å². The van der Waals surface area contributed by atoms with Crippen molar-refractivity contribution in [3.05, 3.63) is 0 Å². The van der Waals surface area contributed by atoms with Crippen LogP contribution in [0.2, 0.25) is 0 Å². The summed E-state index contributed by atoms with van der Waals surface area (Å²) < 4.78 is 0. The van der Waals surface area contributed by atoms with Gasteiger partial charge < -0.3 is 20.6 Å². The average Bonchev–Trinajstić information content (AvgIpc) is 2.86. The van der Waals surface area contributed by atoms with E-state index in [-0.39, 0.29) is 12.1 Å². The summed E-state index contributed by atoms with van der Waals surface area (Å²) in [5.74, 6) is 0.812. The Morgan fingerprint density at radius 1 is 1.47 bits per heavy atom. The predicted octanol–water partition coefficient (Wildman–Crippen LogP) is 0.112. The van der Waals surface area contributed by atoms with Crippen molar-refractivity contribution in [1.29, 1.82) is 0 Å². The van der Waals surface area contributed by atoms with Gasteiger partial charge in [0, 0.05) is 24.7 Å². The van der Waals surface area contributed by atoms with Gasteiger partial charge in [0.05, 0.1) is 6.61 Å². The molecule has 0 aromatic heterocycles. The average molecular weight is 241 g/mol. The molecule has 4 heteroatoms. The van der Waals surface area contributed by atoms with Crippen LogP contribution in [0, 0.1) is 5.92 Å². The smallest absolute Gasteiger partial charge is 0.0611 e. The summed E-state index contributed by atoms with van der Waals surface area (Å²) in [6.45, 7) is 3.77. The summed E-state index contributed by atoms with van der Waals surface area (Å²) in [5.41, 5.74) is 5.82. The minimum absolute atomic E-state index is 0.128. The molecule has 3 unspecified atom stereocenters. The molecule has 100 valence electrons. The minimum Gasteiger partial charge on any atom is -0.394 e. The first kappa shape index (κ1) is 13.3. The van der Waals surface area contributed by atoms with Crippen LogP contribution in [0.5, 0.6) is 0 Å². The number of likely N-dealkylation sites (tertiary alicyclic amines) is 1. The molecular weight excluding hydrogens is 214 g/mol. The molecule has 4 nitrogen and oxygen atoms in total. The number of aliphatic hydroxyl groups excluding tert-OH is 1. The fourth-order valence-corrected chi connectivity index (χ4v) is 3.38. The van der Waals surface area contributed by atoms with Gasteiger partial charge in [-0.1, -0.05) is 0 Å². The van der Waals surface area contributed by atoms with Crippen LogP contribution in [0.15, 0.2) is 0 Å². The molecule has 0 aromatic carbocycles. The Bertz CT molecular complexity index is 261. The number of hydrogen-bond donors (Lipinski definition) is 2. The third-order valence-electron chi connectivity index (χ3n) is 4.59. The molecule has 1 aliphatic heterocycles. The van der Waals surface area contributed by atoms with E-state index in [4.69, 9.17) is 5.73 Å². The van der Waals surface area contributed by atoms with E-state index in [1.54, 1.807) is 0 Å². The van der Waals surface area contributed by atoms with Crippen molar-refractivity contribution in [3.63, 3.8) is 0 Å². The minimum atomic E-state index is -0.314. The molecule has 2 aliphatic rings. The SMILES string of the molecule is CN1CCC(CN(C)C2CCC(N)(CO)C2)C1. The Morgan fingerprint density at radius 2 is 2.24 bits per heavy atom. The van der Waals surface area contributed by atoms with Crippen LogP contribution in [0.4, 0.5) is 0 Å². The maximum atomic E-state index is 9.29. The van der Waals surface area contributed by atoms with Gasteiger partial charge in [-0.25, -0.2) is 0 Å². The lowest BCUT2D eigenvalue weighted by atomic mass is 10.00. The standard InChI is InChI=1S/C13H27N3O/c1-15-6-4-11(8-15)9-16(2)12-3-5-13(14,7-12)10-17/h11-12,17H,3-10,14H2,1-2H3. The number of aliphatic hydroxyl groups is 1. The van der Waals surface area contributed by atoms with Crippen LogP contribution < -0.4 is 5.73 Å². The van der Waals surface area contributed by atoms with E-state index in [2.05, 4.69) is 23.9 Å². The molecule has 1 heterocycles. The highest BCUT2D eigenvalue weighted by Crippen LogP contribution is 2.31. The quantitative estimate of drug-likeness (QED) is 0.734. The highest BCUT2D eigenvalue weighted by atomic mass is 16.3. The fourth-order valence-electron chi connectivity index (χ4n) is 3.38. The summed E-state index contributed by atoms with van der Waals surface area (Å²) in [7, 11) is 4.42. The van der Waals surface area contributed by atoms with Crippen molar-refractivity contribution < 1.29 is 5.11 Å². The molecule has 17 heavy (non-hydrogen) atoms. The zero-order chi connectivity index (χ0) is 12.5. The van der Waals surface area contributed by atoms with Crippen LogP contribution in [0.25, 0.3) is 0 Å². The highest BCUT2D eigenvalue weighted by Gasteiger charge is 2.37. The first-order valence-corrected chi connectivity index (χ1v) is 6.81. The van der Waals surface area contributed by atoms with E-state index in [1.807, 2.05) is 0 Å². The second kappa shape index (κ2) is 5.22. The van der Waals surface area contributed by atoms with Crippen LogP contribution in [-0.2, 0) is 0 Å². The Labute approximate surface area is 105 Å². The lowest BCUT2D eigenvalue weighted by Gasteiger charge is -2.28. The van der Waals surface area contributed by atoms with Crippen LogP contribution in [0.3, 0.4) is 0 Å². The van der Waals surface area contributed by atoms with E-state index >= 15 is 0 Å². The Balaban J connectivity index is 1.79. The molecule has 0 aromatic rings. The zero-order valence-electron chi connectivity index (χ0n) is 11.2. The number of hydrogen-bond acceptors (Lipinski definition) is 4. The third kappa shape index (κ3) is 3.19. The maximum absolute atomic E-state index is 9.29. The van der Waals surface area contributed by atoms with Gasteiger partial charge in [0.25, 0.3) is 0 Å². The van der Waals surface area contributed by atoms with Gasteiger partial charge in [-0.05, 0) is 52.2 Å². The van der Waals surface area contributed by atoms with Crippen LogP contribution >= 0.6 is 0 Å². The first-order valence-electron chi connectivity index (χ1n) is 6.81. The topological polar surface area (TPSA) is 52.7 Å². The summed E-state index contributed by atoms with van der Waals surface area (Å²) in [6, 6.07) is 0.568. The maximum Gasteiger partial charge on any atom is 0.0611 e. The summed E-state index contributed by atoms with van der Waals surface area (Å²) >= 11 is 0. The van der Waals surface area contributed by atoms with E-state index in [9.17, 15) is 5.11 Å². The van der Waals surface area contributed by atoms with Crippen molar-refractivity contribution in [1.82, 2.24) is 9.80 Å². The number of nitrogens with two attached hydrogens (primary N) is 1. The van der Waals surface area contributed by atoms with E-state index in [1.165, 1.54) is 26.1 Å². The van der Waals surface area contributed by atoms with Gasteiger partial charge in [-0.3, -0.25) is 0 Å². The van der Waals surface area contributed by atoms with E-state index < -0.39 is 0 Å². The van der Waals surface area contributed by atoms with Crippen LogP contribution in [0.1, 0.15) is 25.7 Å². The zero-order valence-corrected chi connectivity index (χ0v) is 11.2. The second-order valence-corrected chi connectivity index (χ2v) is 6.27. The Morgan fingerprint density at radius 3 is 2.76 bits per heavy atom. The van der Waals surface area contributed by atoms with Gasteiger partial charge in [0.1, 0.15) is 0 Å². The summed E-state index contributed by atoms with van der Waals surface area (Å²) in [4.78, 5) is 4.88. The monoisotopic (exact) mass is 241 g/mol. The number of nitrogens with zero attached hydrogens (tertiary/aromatic N) is 2. The summed E-state index contributed by atoms with van der Waals surface area (Å²) in [6.07, 6.45) is 4.36. The van der Waals surface area contributed by atoms with Gasteiger partial charge in [0.2, 0.25) is 0 Å². The van der Waals surface area contributed by atoms with Gasteiger partial charge in [-0.15, -0.1) is 0 Å². The van der Waals surface area contributed by atoms with Crippen molar-refractivity contribution in [2.45, 2.75) is 37.3 Å².